The van der Waals surface area contributed by atoms with Crippen molar-refractivity contribution in [2.75, 3.05) is 0 Å². The number of carbonyl (C=O) groups excluding carboxylic acids is 1. The van der Waals surface area contributed by atoms with E-state index in [9.17, 15) is 4.79 Å². The molecule has 0 radical (unpaired) electrons. The molecule has 0 bridgehead atoms. The Kier molecular flexibility index (Phi) is 5.40. The van der Waals surface area contributed by atoms with E-state index in [1.807, 2.05) is 35.9 Å². The van der Waals surface area contributed by atoms with Crippen LogP contribution in [0, 0.1) is 10.7 Å². The summed E-state index contributed by atoms with van der Waals surface area (Å²) in [4.78, 5) is 18.1. The Morgan fingerprint density at radius 2 is 2.32 bits per heavy atom. The van der Waals surface area contributed by atoms with Crippen LogP contribution >= 0.6 is 23.6 Å². The molecule has 1 fully saturated rings. The molecule has 1 aliphatic carbocycles. The molecule has 1 amide bonds. The number of hydrogen-bond acceptors (Lipinski definition) is 7. The molecule has 1 unspecified atom stereocenters. The first kappa shape index (κ1) is 19.0. The Bertz CT molecular complexity index is 1000. The van der Waals surface area contributed by atoms with Crippen molar-refractivity contribution in [3.05, 3.63) is 34.0 Å². The molecule has 8 nitrogen and oxygen atoms in total. The molecule has 0 spiro atoms. The minimum atomic E-state index is -0.304. The number of aromatic amines is 1. The molecule has 10 heteroatoms. The molecule has 1 atom stereocenters. The van der Waals surface area contributed by atoms with Crippen molar-refractivity contribution >= 4 is 29.5 Å². The van der Waals surface area contributed by atoms with E-state index in [-0.39, 0.29) is 24.3 Å². The van der Waals surface area contributed by atoms with Crippen LogP contribution < -0.4 is 5.32 Å². The molecule has 2 N–H and O–H groups in total. The van der Waals surface area contributed by atoms with E-state index >= 15 is 0 Å². The highest BCUT2D eigenvalue weighted by Crippen LogP contribution is 2.38. The van der Waals surface area contributed by atoms with Crippen LogP contribution in [0.2, 0.25) is 0 Å². The van der Waals surface area contributed by atoms with Gasteiger partial charge in [-0.05, 0) is 42.4 Å². The summed E-state index contributed by atoms with van der Waals surface area (Å²) in [6, 6.07) is 3.64. The van der Waals surface area contributed by atoms with E-state index in [2.05, 4.69) is 25.7 Å². The first-order valence-corrected chi connectivity index (χ1v) is 10.6. The molecule has 28 heavy (non-hydrogen) atoms. The van der Waals surface area contributed by atoms with Crippen LogP contribution in [0.5, 0.6) is 0 Å². The van der Waals surface area contributed by atoms with Gasteiger partial charge in [-0.1, -0.05) is 25.1 Å². The normalized spacial score (nSPS) is 15.1. The van der Waals surface area contributed by atoms with Crippen molar-refractivity contribution in [1.29, 1.82) is 0 Å². The fraction of sp³-hybridized carbons (Fsp3) is 0.500. The number of amides is 1. The van der Waals surface area contributed by atoms with E-state index < -0.39 is 0 Å². The monoisotopic (exact) mass is 418 g/mol. The van der Waals surface area contributed by atoms with Gasteiger partial charge in [0.2, 0.25) is 11.8 Å². The lowest BCUT2D eigenvalue weighted by atomic mass is 10.0. The number of rotatable bonds is 8. The topological polar surface area (TPSA) is 102 Å². The van der Waals surface area contributed by atoms with E-state index in [0.717, 1.165) is 29.4 Å². The van der Waals surface area contributed by atoms with Crippen LogP contribution in [-0.2, 0) is 11.3 Å². The molecule has 3 aromatic heterocycles. The molecule has 0 saturated heterocycles. The van der Waals surface area contributed by atoms with Crippen molar-refractivity contribution < 1.29 is 9.32 Å². The SMILES string of the molecule is CC(C)C(NC(=O)CCn1c(-c2cccs2)n[nH]c1=S)c1nc(C2CC2)no1. The number of aromatic nitrogens is 5. The predicted molar refractivity (Wildman–Crippen MR) is 107 cm³/mol. The maximum Gasteiger partial charge on any atom is 0.249 e. The Morgan fingerprint density at radius 1 is 1.50 bits per heavy atom. The highest BCUT2D eigenvalue weighted by atomic mass is 32.1. The highest BCUT2D eigenvalue weighted by molar-refractivity contribution is 7.71. The first-order chi connectivity index (χ1) is 13.5. The molecule has 0 aromatic carbocycles. The van der Waals surface area contributed by atoms with E-state index in [4.69, 9.17) is 16.7 Å². The Labute approximate surface area is 171 Å². The lowest BCUT2D eigenvalue weighted by Gasteiger charge is -2.18. The van der Waals surface area contributed by atoms with Gasteiger partial charge in [0.1, 0.15) is 6.04 Å². The van der Waals surface area contributed by atoms with E-state index in [1.165, 1.54) is 0 Å². The molecule has 1 aliphatic rings. The molecule has 148 valence electrons. The van der Waals surface area contributed by atoms with Gasteiger partial charge < -0.3 is 9.84 Å². The maximum atomic E-state index is 12.6. The Hall–Kier alpha value is -2.33. The minimum absolute atomic E-state index is 0.0925. The second-order valence-electron chi connectivity index (χ2n) is 7.29. The molecule has 4 rings (SSSR count). The van der Waals surface area contributed by atoms with Crippen molar-refractivity contribution in [3.63, 3.8) is 0 Å². The number of thiophene rings is 1. The third-order valence-corrected chi connectivity index (χ3v) is 5.89. The first-order valence-electron chi connectivity index (χ1n) is 9.35. The van der Waals surface area contributed by atoms with Gasteiger partial charge in [-0.2, -0.15) is 10.1 Å². The minimum Gasteiger partial charge on any atom is -0.344 e. The van der Waals surface area contributed by atoms with Crippen LogP contribution in [-0.4, -0.2) is 30.8 Å². The van der Waals surface area contributed by atoms with Crippen molar-refractivity contribution in [2.45, 2.75) is 51.6 Å². The summed E-state index contributed by atoms with van der Waals surface area (Å²) in [5, 5.41) is 16.2. The van der Waals surface area contributed by atoms with Crippen LogP contribution in [0.1, 0.15) is 56.8 Å². The molecule has 0 aliphatic heterocycles. The van der Waals surface area contributed by atoms with Gasteiger partial charge in [-0.15, -0.1) is 11.3 Å². The molecule has 1 saturated carbocycles. The van der Waals surface area contributed by atoms with Gasteiger partial charge in [0.15, 0.2) is 16.4 Å². The van der Waals surface area contributed by atoms with Gasteiger partial charge in [-0.25, -0.2) is 0 Å². The summed E-state index contributed by atoms with van der Waals surface area (Å²) in [5.41, 5.74) is 0. The lowest BCUT2D eigenvalue weighted by molar-refractivity contribution is -0.122. The summed E-state index contributed by atoms with van der Waals surface area (Å²) in [6.45, 7) is 4.48. The zero-order valence-electron chi connectivity index (χ0n) is 15.7. The Morgan fingerprint density at radius 3 is 3.00 bits per heavy atom. The summed E-state index contributed by atoms with van der Waals surface area (Å²) < 4.78 is 7.77. The zero-order valence-corrected chi connectivity index (χ0v) is 17.3. The zero-order chi connectivity index (χ0) is 19.7. The van der Waals surface area contributed by atoms with E-state index in [1.54, 1.807) is 11.3 Å². The fourth-order valence-electron chi connectivity index (χ4n) is 2.97. The smallest absolute Gasteiger partial charge is 0.249 e. The van der Waals surface area contributed by atoms with Crippen molar-refractivity contribution in [1.82, 2.24) is 30.2 Å². The second kappa shape index (κ2) is 7.96. The number of nitrogens with one attached hydrogen (secondary N) is 2. The van der Waals surface area contributed by atoms with Gasteiger partial charge >= 0.3 is 0 Å². The summed E-state index contributed by atoms with van der Waals surface area (Å²) in [7, 11) is 0. The van der Waals surface area contributed by atoms with Crippen molar-refractivity contribution in [3.8, 4) is 10.7 Å². The molecular formula is C18H22N6O2S2. The average Bonchev–Trinajstić information content (AvgIpc) is 3.07. The van der Waals surface area contributed by atoms with Crippen LogP contribution in [0.15, 0.2) is 22.0 Å². The lowest BCUT2D eigenvalue weighted by Crippen LogP contribution is -2.32. The Balaban J connectivity index is 1.42. The van der Waals surface area contributed by atoms with Gasteiger partial charge in [0.05, 0.1) is 4.88 Å². The van der Waals surface area contributed by atoms with Gasteiger partial charge in [0, 0.05) is 18.9 Å². The summed E-state index contributed by atoms with van der Waals surface area (Å²) in [5.74, 6) is 2.43. The van der Waals surface area contributed by atoms with Gasteiger partial charge in [-0.3, -0.25) is 14.5 Å². The number of carbonyl (C=O) groups is 1. The maximum absolute atomic E-state index is 12.6. The second-order valence-corrected chi connectivity index (χ2v) is 8.62. The molecule has 3 heterocycles. The summed E-state index contributed by atoms with van der Waals surface area (Å²) in [6.07, 6.45) is 2.49. The standard InChI is InChI=1S/C18H22N6O2S2/c1-10(2)14(17-20-15(23-26-17)11-5-6-11)19-13(25)7-8-24-16(21-22-18(24)27)12-4-3-9-28-12/h3-4,9-11,14H,5-8H2,1-2H3,(H,19,25)(H,22,27). The quantitative estimate of drug-likeness (QED) is 0.539. The largest absolute Gasteiger partial charge is 0.344 e. The van der Waals surface area contributed by atoms with Gasteiger partial charge in [0.25, 0.3) is 0 Å². The van der Waals surface area contributed by atoms with Crippen molar-refractivity contribution in [2.24, 2.45) is 5.92 Å². The predicted octanol–water partition coefficient (Wildman–Crippen LogP) is 3.83. The summed E-state index contributed by atoms with van der Waals surface area (Å²) >= 11 is 6.90. The third-order valence-electron chi connectivity index (χ3n) is 4.71. The highest BCUT2D eigenvalue weighted by Gasteiger charge is 2.31. The fourth-order valence-corrected chi connectivity index (χ4v) is 3.92. The van der Waals surface area contributed by atoms with Crippen LogP contribution in [0.4, 0.5) is 0 Å². The van der Waals surface area contributed by atoms with Crippen LogP contribution in [0.25, 0.3) is 10.7 Å². The number of hydrogen-bond donors (Lipinski definition) is 2. The average molecular weight is 419 g/mol. The third kappa shape index (κ3) is 4.07. The van der Waals surface area contributed by atoms with E-state index in [0.29, 0.717) is 23.1 Å². The number of nitrogens with zero attached hydrogens (tertiary/aromatic N) is 4. The molecule has 3 aromatic rings. The van der Waals surface area contributed by atoms with Crippen LogP contribution in [0.3, 0.4) is 0 Å². The molecular weight excluding hydrogens is 396 g/mol. The number of H-pyrrole nitrogens is 1.